The van der Waals surface area contributed by atoms with E-state index in [0.29, 0.717) is 11.4 Å². The Hall–Kier alpha value is -4.60. The van der Waals surface area contributed by atoms with Crippen molar-refractivity contribution in [3.63, 3.8) is 0 Å². The highest BCUT2D eigenvalue weighted by atomic mass is 16.6. The summed E-state index contributed by atoms with van der Waals surface area (Å²) in [4.78, 5) is 37.8. The Balaban J connectivity index is 1.64. The molecule has 10 heteroatoms. The molecule has 4 rings (SSSR count). The molecule has 0 aliphatic rings. The average Bonchev–Trinajstić information content (AvgIpc) is 3.19. The summed E-state index contributed by atoms with van der Waals surface area (Å²) < 4.78 is 1.90. The van der Waals surface area contributed by atoms with Gasteiger partial charge in [-0.05, 0) is 30.7 Å². The van der Waals surface area contributed by atoms with Crippen molar-refractivity contribution >= 4 is 28.6 Å². The van der Waals surface area contributed by atoms with E-state index in [1.165, 1.54) is 0 Å². The first kappa shape index (κ1) is 19.7. The predicted molar refractivity (Wildman–Crippen MR) is 113 cm³/mol. The van der Waals surface area contributed by atoms with Gasteiger partial charge in [-0.1, -0.05) is 18.2 Å². The van der Waals surface area contributed by atoms with Crippen LogP contribution in [0.3, 0.4) is 0 Å². The number of pyridine rings is 1. The molecule has 0 atom stereocenters. The van der Waals surface area contributed by atoms with Crippen LogP contribution in [0.15, 0.2) is 67.0 Å². The molecule has 10 nitrogen and oxygen atoms in total. The number of nitrogens with zero attached hydrogens (tertiary/aromatic N) is 4. The number of anilines is 1. The quantitative estimate of drug-likeness (QED) is 0.378. The number of hydrogen-bond acceptors (Lipinski definition) is 6. The second kappa shape index (κ2) is 7.67. The van der Waals surface area contributed by atoms with Crippen LogP contribution in [0.25, 0.3) is 16.9 Å². The first-order chi connectivity index (χ1) is 14.8. The minimum atomic E-state index is -0.782. The summed E-state index contributed by atoms with van der Waals surface area (Å²) in [6, 6.07) is 13.6. The Labute approximate surface area is 175 Å². The predicted octanol–water partition coefficient (Wildman–Crippen LogP) is 4.38. The van der Waals surface area contributed by atoms with Crippen molar-refractivity contribution < 1.29 is 14.6 Å². The third-order valence-electron chi connectivity index (χ3n) is 4.68. The molecular weight excluding hydrogens is 402 g/mol. The zero-order chi connectivity index (χ0) is 22.1. The minimum Gasteiger partial charge on any atom is -0.322 e. The van der Waals surface area contributed by atoms with Crippen molar-refractivity contribution in [3.05, 3.63) is 98.3 Å². The summed E-state index contributed by atoms with van der Waals surface area (Å²) in [5, 5.41) is 24.7. The van der Waals surface area contributed by atoms with E-state index in [0.717, 1.165) is 35.0 Å². The van der Waals surface area contributed by atoms with E-state index in [1.54, 1.807) is 18.2 Å². The molecule has 31 heavy (non-hydrogen) atoms. The highest BCUT2D eigenvalue weighted by Gasteiger charge is 2.20. The van der Waals surface area contributed by atoms with Crippen LogP contribution in [0.2, 0.25) is 0 Å². The number of nitrogens with one attached hydrogen (secondary N) is 1. The number of benzene rings is 2. The molecule has 0 saturated carbocycles. The van der Waals surface area contributed by atoms with Gasteiger partial charge in [0, 0.05) is 35.8 Å². The first-order valence-corrected chi connectivity index (χ1v) is 9.12. The molecule has 0 spiro atoms. The Morgan fingerprint density at radius 3 is 2.35 bits per heavy atom. The molecular formula is C21H15N5O5. The molecule has 2 aromatic heterocycles. The Morgan fingerprint density at radius 1 is 1.00 bits per heavy atom. The van der Waals surface area contributed by atoms with Gasteiger partial charge in [0.1, 0.15) is 5.65 Å². The van der Waals surface area contributed by atoms with Gasteiger partial charge in [0.2, 0.25) is 0 Å². The lowest BCUT2D eigenvalue weighted by atomic mass is 10.1. The number of aromatic nitrogens is 2. The lowest BCUT2D eigenvalue weighted by molar-refractivity contribution is -0.394. The molecule has 0 bridgehead atoms. The number of nitro groups is 2. The minimum absolute atomic E-state index is 0.186. The van der Waals surface area contributed by atoms with Gasteiger partial charge in [0.15, 0.2) is 0 Å². The zero-order valence-corrected chi connectivity index (χ0v) is 16.2. The molecule has 0 radical (unpaired) electrons. The van der Waals surface area contributed by atoms with Crippen LogP contribution < -0.4 is 5.32 Å². The van der Waals surface area contributed by atoms with Crippen LogP contribution >= 0.6 is 0 Å². The fourth-order valence-corrected chi connectivity index (χ4v) is 3.19. The van der Waals surface area contributed by atoms with Crippen LogP contribution in [0.1, 0.15) is 15.9 Å². The summed E-state index contributed by atoms with van der Waals surface area (Å²) in [5.41, 5.74) is 2.46. The number of carbonyl (C=O) groups is 1. The Kier molecular flexibility index (Phi) is 4.88. The number of amides is 1. The van der Waals surface area contributed by atoms with Gasteiger partial charge in [0.25, 0.3) is 17.3 Å². The van der Waals surface area contributed by atoms with E-state index in [9.17, 15) is 25.0 Å². The van der Waals surface area contributed by atoms with Gasteiger partial charge in [-0.15, -0.1) is 0 Å². The highest BCUT2D eigenvalue weighted by molar-refractivity contribution is 6.05. The summed E-state index contributed by atoms with van der Waals surface area (Å²) in [5.74, 6) is -0.699. The molecule has 2 heterocycles. The number of aryl methyl sites for hydroxylation is 1. The molecule has 0 aliphatic carbocycles. The van der Waals surface area contributed by atoms with E-state index in [2.05, 4.69) is 10.3 Å². The number of hydrogen-bond donors (Lipinski definition) is 1. The monoisotopic (exact) mass is 417 g/mol. The van der Waals surface area contributed by atoms with Crippen molar-refractivity contribution in [2.24, 2.45) is 0 Å². The molecule has 2 aromatic carbocycles. The topological polar surface area (TPSA) is 133 Å². The van der Waals surface area contributed by atoms with Crippen molar-refractivity contribution in [2.45, 2.75) is 6.92 Å². The molecule has 154 valence electrons. The standard InChI is InChI=1S/C21H15N5O5/c1-13-4-3-7-24-12-19(23-20(13)24)14-5-2-6-16(8-14)22-21(27)15-9-17(25(28)29)11-18(10-15)26(30)31/h2-12H,1H3,(H,22,27). The second-order valence-electron chi connectivity index (χ2n) is 6.84. The number of fused-ring (bicyclic) bond motifs is 1. The lowest BCUT2D eigenvalue weighted by Crippen LogP contribution is -2.12. The molecule has 1 amide bonds. The fraction of sp³-hybridized carbons (Fsp3) is 0.0476. The summed E-state index contributed by atoms with van der Waals surface area (Å²) >= 11 is 0. The van der Waals surface area contributed by atoms with Gasteiger partial charge in [-0.3, -0.25) is 25.0 Å². The number of carbonyl (C=O) groups excluding carboxylic acids is 1. The first-order valence-electron chi connectivity index (χ1n) is 9.12. The molecule has 4 aromatic rings. The van der Waals surface area contributed by atoms with E-state index in [1.807, 2.05) is 41.9 Å². The van der Waals surface area contributed by atoms with E-state index < -0.39 is 27.1 Å². The van der Waals surface area contributed by atoms with Crippen LogP contribution in [0, 0.1) is 27.2 Å². The highest BCUT2D eigenvalue weighted by Crippen LogP contribution is 2.26. The lowest BCUT2D eigenvalue weighted by Gasteiger charge is -2.07. The summed E-state index contributed by atoms with van der Waals surface area (Å²) in [6.07, 6.45) is 3.76. The SMILES string of the molecule is Cc1cccn2cc(-c3cccc(NC(=O)c4cc([N+](=O)[O-])cc([N+](=O)[O-])c4)c3)nc12. The Bertz CT molecular complexity index is 1330. The number of rotatable bonds is 5. The van der Waals surface area contributed by atoms with Gasteiger partial charge < -0.3 is 9.72 Å². The number of imidazole rings is 1. The molecule has 0 unspecified atom stereocenters. The number of nitro benzene ring substituents is 2. The average molecular weight is 417 g/mol. The second-order valence-corrected chi connectivity index (χ2v) is 6.84. The maximum atomic E-state index is 12.6. The fourth-order valence-electron chi connectivity index (χ4n) is 3.19. The van der Waals surface area contributed by atoms with Crippen LogP contribution in [0.5, 0.6) is 0 Å². The smallest absolute Gasteiger partial charge is 0.277 e. The van der Waals surface area contributed by atoms with Gasteiger partial charge in [0.05, 0.1) is 27.2 Å². The Morgan fingerprint density at radius 2 is 1.71 bits per heavy atom. The van der Waals surface area contributed by atoms with Crippen LogP contribution in [-0.2, 0) is 0 Å². The summed E-state index contributed by atoms with van der Waals surface area (Å²) in [6.45, 7) is 1.96. The van der Waals surface area contributed by atoms with Gasteiger partial charge >= 0.3 is 0 Å². The van der Waals surface area contributed by atoms with Crippen LogP contribution in [-0.4, -0.2) is 25.1 Å². The van der Waals surface area contributed by atoms with Crippen molar-refractivity contribution in [1.29, 1.82) is 0 Å². The molecule has 0 saturated heterocycles. The number of non-ortho nitro benzene ring substituents is 2. The molecule has 0 fully saturated rings. The van der Waals surface area contributed by atoms with Crippen LogP contribution in [0.4, 0.5) is 17.1 Å². The maximum Gasteiger partial charge on any atom is 0.277 e. The largest absolute Gasteiger partial charge is 0.322 e. The molecule has 0 aliphatic heterocycles. The van der Waals surface area contributed by atoms with Gasteiger partial charge in [-0.2, -0.15) is 0 Å². The van der Waals surface area contributed by atoms with Gasteiger partial charge in [-0.25, -0.2) is 4.98 Å². The normalized spacial score (nSPS) is 10.7. The van der Waals surface area contributed by atoms with E-state index in [4.69, 9.17) is 0 Å². The van der Waals surface area contributed by atoms with Crippen molar-refractivity contribution in [1.82, 2.24) is 9.38 Å². The molecule has 1 N–H and O–H groups in total. The maximum absolute atomic E-state index is 12.6. The van der Waals surface area contributed by atoms with Crippen molar-refractivity contribution in [3.8, 4) is 11.3 Å². The van der Waals surface area contributed by atoms with E-state index >= 15 is 0 Å². The van der Waals surface area contributed by atoms with E-state index in [-0.39, 0.29) is 5.56 Å². The third kappa shape index (κ3) is 3.94. The summed E-state index contributed by atoms with van der Waals surface area (Å²) in [7, 11) is 0. The van der Waals surface area contributed by atoms with Crippen molar-refractivity contribution in [2.75, 3.05) is 5.32 Å². The zero-order valence-electron chi connectivity index (χ0n) is 16.2. The third-order valence-corrected chi connectivity index (χ3v) is 4.68.